The summed E-state index contributed by atoms with van der Waals surface area (Å²) in [5.74, 6) is -0.432. The molecule has 6 heteroatoms. The highest BCUT2D eigenvalue weighted by Gasteiger charge is 2.23. The zero-order chi connectivity index (χ0) is 18.3. The Labute approximate surface area is 144 Å². The number of aryl methyl sites for hydroxylation is 1. The van der Waals surface area contributed by atoms with Crippen molar-refractivity contribution in [2.45, 2.75) is 71.4 Å². The van der Waals surface area contributed by atoms with E-state index < -0.39 is 5.43 Å². The van der Waals surface area contributed by atoms with Gasteiger partial charge in [0, 0.05) is 30.8 Å². The van der Waals surface area contributed by atoms with Gasteiger partial charge in [-0.3, -0.25) is 9.59 Å². The lowest BCUT2D eigenvalue weighted by Gasteiger charge is -2.28. The Morgan fingerprint density at radius 1 is 1.29 bits per heavy atom. The van der Waals surface area contributed by atoms with Crippen LogP contribution in [0.3, 0.4) is 0 Å². The van der Waals surface area contributed by atoms with Crippen molar-refractivity contribution >= 4 is 5.91 Å². The Morgan fingerprint density at radius 2 is 1.88 bits per heavy atom. The molecule has 0 spiro atoms. The molecule has 0 aliphatic heterocycles. The number of amides is 1. The van der Waals surface area contributed by atoms with Crippen molar-refractivity contribution in [1.29, 1.82) is 0 Å². The monoisotopic (exact) mass is 337 g/mol. The minimum Gasteiger partial charge on any atom is -0.503 e. The van der Waals surface area contributed by atoms with Crippen molar-refractivity contribution in [3.05, 3.63) is 27.7 Å². The lowest BCUT2D eigenvalue weighted by molar-refractivity contribution is -0.121. The Morgan fingerprint density at radius 3 is 2.42 bits per heavy atom. The maximum Gasteiger partial charge on any atom is 0.223 e. The molecular formula is C18H31N3O3. The molecule has 1 aromatic rings. The van der Waals surface area contributed by atoms with Crippen LogP contribution < -0.4 is 16.5 Å². The molecule has 0 fully saturated rings. The Kier molecular flexibility index (Phi) is 7.48. The van der Waals surface area contributed by atoms with Gasteiger partial charge in [0.1, 0.15) is 0 Å². The molecule has 0 unspecified atom stereocenters. The first kappa shape index (κ1) is 20.2. The third-order valence-corrected chi connectivity index (χ3v) is 4.58. The van der Waals surface area contributed by atoms with Crippen LogP contribution in [-0.2, 0) is 18.4 Å². The highest BCUT2D eigenvalue weighted by Crippen LogP contribution is 2.22. The second kappa shape index (κ2) is 8.87. The van der Waals surface area contributed by atoms with Gasteiger partial charge in [0.25, 0.3) is 0 Å². The fraction of sp³-hybridized carbons (Fsp3) is 0.667. The number of nitrogens with two attached hydrogens (primary N) is 1. The lowest BCUT2D eigenvalue weighted by Crippen LogP contribution is -2.41. The van der Waals surface area contributed by atoms with Crippen molar-refractivity contribution in [2.24, 2.45) is 12.8 Å². The van der Waals surface area contributed by atoms with Gasteiger partial charge in [-0.2, -0.15) is 0 Å². The van der Waals surface area contributed by atoms with E-state index in [1.54, 1.807) is 18.5 Å². The molecule has 1 amide bonds. The average Bonchev–Trinajstić information content (AvgIpc) is 2.51. The van der Waals surface area contributed by atoms with Crippen LogP contribution in [0, 0.1) is 6.92 Å². The third kappa shape index (κ3) is 5.37. The van der Waals surface area contributed by atoms with Crippen molar-refractivity contribution in [1.82, 2.24) is 9.88 Å². The second-order valence-corrected chi connectivity index (χ2v) is 6.64. The molecule has 0 aliphatic rings. The number of hydrogen-bond donors (Lipinski definition) is 3. The maximum absolute atomic E-state index is 12.1. The van der Waals surface area contributed by atoms with E-state index in [0.29, 0.717) is 18.5 Å². The van der Waals surface area contributed by atoms with Gasteiger partial charge in [-0.25, -0.2) is 0 Å². The molecule has 0 aliphatic carbocycles. The smallest absolute Gasteiger partial charge is 0.223 e. The van der Waals surface area contributed by atoms with Crippen molar-refractivity contribution in [2.75, 3.05) is 0 Å². The SMILES string of the molecule is CCCC(N)(CCC)CCC(=O)NCc1c(O)c(=O)cc(C)n1C. The molecule has 0 radical (unpaired) electrons. The van der Waals surface area contributed by atoms with Gasteiger partial charge in [0.05, 0.1) is 12.2 Å². The molecule has 1 heterocycles. The number of rotatable bonds is 9. The van der Waals surface area contributed by atoms with Gasteiger partial charge in [-0.05, 0) is 26.2 Å². The molecule has 0 aromatic carbocycles. The molecule has 0 saturated carbocycles. The van der Waals surface area contributed by atoms with Crippen LogP contribution in [0.5, 0.6) is 5.75 Å². The van der Waals surface area contributed by atoms with Gasteiger partial charge in [0.15, 0.2) is 5.75 Å². The van der Waals surface area contributed by atoms with Crippen LogP contribution in [0.2, 0.25) is 0 Å². The predicted molar refractivity (Wildman–Crippen MR) is 95.9 cm³/mol. The zero-order valence-electron chi connectivity index (χ0n) is 15.3. The number of pyridine rings is 1. The van der Waals surface area contributed by atoms with Gasteiger partial charge >= 0.3 is 0 Å². The highest BCUT2D eigenvalue weighted by atomic mass is 16.3. The van der Waals surface area contributed by atoms with E-state index in [0.717, 1.165) is 31.4 Å². The normalized spacial score (nSPS) is 11.5. The molecule has 6 nitrogen and oxygen atoms in total. The highest BCUT2D eigenvalue weighted by molar-refractivity contribution is 5.76. The number of nitrogens with zero attached hydrogens (tertiary/aromatic N) is 1. The summed E-state index contributed by atoms with van der Waals surface area (Å²) in [4.78, 5) is 23.8. The van der Waals surface area contributed by atoms with Gasteiger partial charge in [0.2, 0.25) is 11.3 Å². The summed E-state index contributed by atoms with van der Waals surface area (Å²) in [6, 6.07) is 1.37. The minimum absolute atomic E-state index is 0.120. The van der Waals surface area contributed by atoms with Gasteiger partial charge in [-0.1, -0.05) is 26.7 Å². The van der Waals surface area contributed by atoms with E-state index in [-0.39, 0.29) is 23.7 Å². The summed E-state index contributed by atoms with van der Waals surface area (Å²) >= 11 is 0. The van der Waals surface area contributed by atoms with Crippen LogP contribution in [0.15, 0.2) is 10.9 Å². The summed E-state index contributed by atoms with van der Waals surface area (Å²) in [6.07, 6.45) is 4.79. The predicted octanol–water partition coefficient (Wildman–Crippen LogP) is 2.09. The van der Waals surface area contributed by atoms with E-state index in [1.807, 2.05) is 0 Å². The van der Waals surface area contributed by atoms with E-state index in [1.165, 1.54) is 6.07 Å². The molecule has 0 bridgehead atoms. The molecule has 1 aromatic heterocycles. The summed E-state index contributed by atoms with van der Waals surface area (Å²) in [5, 5.41) is 12.7. The maximum atomic E-state index is 12.1. The number of hydrogen-bond acceptors (Lipinski definition) is 4. The number of carbonyl (C=O) groups excluding carboxylic acids is 1. The second-order valence-electron chi connectivity index (χ2n) is 6.64. The summed E-state index contributed by atoms with van der Waals surface area (Å²) in [7, 11) is 1.75. The Balaban J connectivity index is 2.66. The molecular weight excluding hydrogens is 306 g/mol. The summed E-state index contributed by atoms with van der Waals surface area (Å²) in [6.45, 7) is 6.10. The standard InChI is InChI=1S/C18H31N3O3/c1-5-8-18(19,9-6-2)10-7-16(23)20-12-14-17(24)15(22)11-13(3)21(14)4/h11,24H,5-10,12,19H2,1-4H3,(H,20,23). The Hall–Kier alpha value is -1.82. The topological polar surface area (TPSA) is 97.4 Å². The van der Waals surface area contributed by atoms with Crippen LogP contribution >= 0.6 is 0 Å². The van der Waals surface area contributed by atoms with Crippen LogP contribution in [0.25, 0.3) is 0 Å². The molecule has 4 N–H and O–H groups in total. The van der Waals surface area contributed by atoms with Gasteiger partial charge in [-0.15, -0.1) is 0 Å². The quantitative estimate of drug-likeness (QED) is 0.643. The van der Waals surface area contributed by atoms with Crippen LogP contribution in [0.4, 0.5) is 0 Å². The van der Waals surface area contributed by atoms with E-state index >= 15 is 0 Å². The number of aromatic nitrogens is 1. The molecule has 136 valence electrons. The number of carbonyl (C=O) groups is 1. The first-order valence-corrected chi connectivity index (χ1v) is 8.68. The first-order valence-electron chi connectivity index (χ1n) is 8.68. The Bertz CT molecular complexity index is 617. The first-order chi connectivity index (χ1) is 11.2. The fourth-order valence-electron chi connectivity index (χ4n) is 3.08. The molecule has 0 saturated heterocycles. The summed E-state index contributed by atoms with van der Waals surface area (Å²) in [5.41, 5.74) is 6.82. The number of aromatic hydroxyl groups is 1. The zero-order valence-corrected chi connectivity index (χ0v) is 15.3. The van der Waals surface area contributed by atoms with Gasteiger partial charge < -0.3 is 20.7 Å². The van der Waals surface area contributed by atoms with E-state index in [9.17, 15) is 14.7 Å². The number of nitrogens with one attached hydrogen (secondary N) is 1. The average molecular weight is 337 g/mol. The van der Waals surface area contributed by atoms with E-state index in [4.69, 9.17) is 5.73 Å². The van der Waals surface area contributed by atoms with Crippen molar-refractivity contribution in [3.63, 3.8) is 0 Å². The van der Waals surface area contributed by atoms with Crippen LogP contribution in [0.1, 0.15) is 63.8 Å². The van der Waals surface area contributed by atoms with Crippen molar-refractivity contribution in [3.8, 4) is 5.75 Å². The largest absolute Gasteiger partial charge is 0.503 e. The summed E-state index contributed by atoms with van der Waals surface area (Å²) < 4.78 is 1.71. The molecule has 1 rings (SSSR count). The lowest BCUT2D eigenvalue weighted by atomic mass is 9.85. The van der Waals surface area contributed by atoms with Crippen molar-refractivity contribution < 1.29 is 9.90 Å². The molecule has 0 atom stereocenters. The third-order valence-electron chi connectivity index (χ3n) is 4.58. The minimum atomic E-state index is -0.429. The van der Waals surface area contributed by atoms with E-state index in [2.05, 4.69) is 19.2 Å². The van der Waals surface area contributed by atoms with Crippen LogP contribution in [-0.4, -0.2) is 21.1 Å². The fourth-order valence-corrected chi connectivity index (χ4v) is 3.08. The molecule has 24 heavy (non-hydrogen) atoms.